The zero-order valence-electron chi connectivity index (χ0n) is 12.5. The summed E-state index contributed by atoms with van der Waals surface area (Å²) in [5, 5.41) is 4.23. The van der Waals surface area contributed by atoms with Crippen LogP contribution in [0.15, 0.2) is 42.5 Å². The van der Waals surface area contributed by atoms with Crippen molar-refractivity contribution < 1.29 is 9.47 Å². The number of benzene rings is 2. The highest BCUT2D eigenvalue weighted by molar-refractivity contribution is 6.30. The summed E-state index contributed by atoms with van der Waals surface area (Å²) in [5.41, 5.74) is 2.28. The number of hydrogen-bond acceptors (Lipinski definition) is 3. The Morgan fingerprint density at radius 2 is 1.71 bits per heavy atom. The van der Waals surface area contributed by atoms with Crippen LogP contribution < -0.4 is 14.8 Å². The minimum atomic E-state index is 0.209. The summed E-state index contributed by atoms with van der Waals surface area (Å²) in [7, 11) is 3.31. The molecule has 0 aliphatic heterocycles. The minimum absolute atomic E-state index is 0.209. The van der Waals surface area contributed by atoms with Crippen LogP contribution in [0.4, 0.5) is 0 Å². The zero-order valence-corrected chi connectivity index (χ0v) is 13.3. The molecule has 2 aromatic carbocycles. The molecular weight excluding hydrogens is 286 g/mol. The topological polar surface area (TPSA) is 30.5 Å². The highest BCUT2D eigenvalue weighted by Crippen LogP contribution is 2.23. The van der Waals surface area contributed by atoms with E-state index in [0.29, 0.717) is 0 Å². The van der Waals surface area contributed by atoms with E-state index in [9.17, 15) is 0 Å². The van der Waals surface area contributed by atoms with Crippen LogP contribution in [0, 0.1) is 0 Å². The SMILES string of the molecule is COc1cc(CN[C@H](C)c2cccc(Cl)c2)cc(OC)c1. The van der Waals surface area contributed by atoms with Crippen molar-refractivity contribution in [2.24, 2.45) is 0 Å². The maximum atomic E-state index is 6.02. The Kier molecular flexibility index (Phi) is 5.48. The third kappa shape index (κ3) is 4.38. The van der Waals surface area contributed by atoms with Gasteiger partial charge in [0.2, 0.25) is 0 Å². The van der Waals surface area contributed by atoms with Crippen LogP contribution in [0.3, 0.4) is 0 Å². The first-order chi connectivity index (χ1) is 10.1. The standard InChI is InChI=1S/C17H20ClNO2/c1-12(14-5-4-6-15(18)9-14)19-11-13-7-16(20-2)10-17(8-13)21-3/h4-10,12,19H,11H2,1-3H3/t12-/m1/s1. The lowest BCUT2D eigenvalue weighted by Crippen LogP contribution is -2.18. The summed E-state index contributed by atoms with van der Waals surface area (Å²) >= 11 is 6.02. The molecule has 0 amide bonds. The van der Waals surface area contributed by atoms with Gasteiger partial charge in [0.25, 0.3) is 0 Å². The Bertz CT molecular complexity index is 579. The van der Waals surface area contributed by atoms with Crippen LogP contribution in [0.1, 0.15) is 24.1 Å². The van der Waals surface area contributed by atoms with Crippen molar-refractivity contribution in [2.75, 3.05) is 14.2 Å². The van der Waals surface area contributed by atoms with Gasteiger partial charge in [-0.2, -0.15) is 0 Å². The molecular formula is C17H20ClNO2. The van der Waals surface area contributed by atoms with Gasteiger partial charge >= 0.3 is 0 Å². The lowest BCUT2D eigenvalue weighted by atomic mass is 10.1. The molecule has 1 atom stereocenters. The summed E-state index contributed by atoms with van der Waals surface area (Å²) in [6.45, 7) is 2.84. The number of rotatable bonds is 6. The fourth-order valence-corrected chi connectivity index (χ4v) is 2.33. The third-order valence-electron chi connectivity index (χ3n) is 3.37. The molecule has 0 spiro atoms. The first-order valence-electron chi connectivity index (χ1n) is 6.83. The van der Waals surface area contributed by atoms with Crippen molar-refractivity contribution in [1.82, 2.24) is 5.32 Å². The molecule has 1 N–H and O–H groups in total. The normalized spacial score (nSPS) is 12.0. The monoisotopic (exact) mass is 305 g/mol. The molecule has 3 nitrogen and oxygen atoms in total. The molecule has 0 saturated carbocycles. The van der Waals surface area contributed by atoms with Gasteiger partial charge in [-0.05, 0) is 42.3 Å². The van der Waals surface area contributed by atoms with Crippen molar-refractivity contribution in [3.05, 3.63) is 58.6 Å². The van der Waals surface area contributed by atoms with E-state index in [-0.39, 0.29) is 6.04 Å². The first-order valence-corrected chi connectivity index (χ1v) is 7.21. The fourth-order valence-electron chi connectivity index (χ4n) is 2.13. The minimum Gasteiger partial charge on any atom is -0.497 e. The van der Waals surface area contributed by atoms with E-state index < -0.39 is 0 Å². The molecule has 0 aliphatic carbocycles. The summed E-state index contributed by atoms with van der Waals surface area (Å²) in [4.78, 5) is 0. The Hall–Kier alpha value is -1.71. The van der Waals surface area contributed by atoms with Crippen molar-refractivity contribution in [2.45, 2.75) is 19.5 Å². The Labute approximate surface area is 130 Å². The largest absolute Gasteiger partial charge is 0.497 e. The van der Waals surface area contributed by atoms with Crippen LogP contribution in [-0.2, 0) is 6.54 Å². The van der Waals surface area contributed by atoms with Crippen LogP contribution in [0.25, 0.3) is 0 Å². The average Bonchev–Trinajstić information content (AvgIpc) is 2.52. The smallest absolute Gasteiger partial charge is 0.122 e. The summed E-state index contributed by atoms with van der Waals surface area (Å²) in [6.07, 6.45) is 0. The van der Waals surface area contributed by atoms with Gasteiger partial charge in [0.15, 0.2) is 0 Å². The van der Waals surface area contributed by atoms with Gasteiger partial charge in [0.05, 0.1) is 14.2 Å². The molecule has 2 rings (SSSR count). The Morgan fingerprint density at radius 3 is 2.29 bits per heavy atom. The Morgan fingerprint density at radius 1 is 1.05 bits per heavy atom. The number of hydrogen-bond donors (Lipinski definition) is 1. The van der Waals surface area contributed by atoms with Crippen molar-refractivity contribution in [1.29, 1.82) is 0 Å². The second-order valence-electron chi connectivity index (χ2n) is 4.88. The molecule has 0 unspecified atom stereocenters. The van der Waals surface area contributed by atoms with Gasteiger partial charge in [-0.3, -0.25) is 0 Å². The van der Waals surface area contributed by atoms with Gasteiger partial charge in [0, 0.05) is 23.7 Å². The molecule has 112 valence electrons. The maximum absolute atomic E-state index is 6.02. The molecule has 21 heavy (non-hydrogen) atoms. The van der Waals surface area contributed by atoms with Gasteiger partial charge in [-0.1, -0.05) is 23.7 Å². The zero-order chi connectivity index (χ0) is 15.2. The van der Waals surface area contributed by atoms with Crippen LogP contribution in [0.2, 0.25) is 5.02 Å². The second-order valence-corrected chi connectivity index (χ2v) is 5.31. The van der Waals surface area contributed by atoms with Gasteiger partial charge < -0.3 is 14.8 Å². The van der Waals surface area contributed by atoms with E-state index in [2.05, 4.69) is 18.3 Å². The molecule has 0 aromatic heterocycles. The van der Waals surface area contributed by atoms with E-state index in [1.165, 1.54) is 0 Å². The van der Waals surface area contributed by atoms with Crippen LogP contribution in [0.5, 0.6) is 11.5 Å². The quantitative estimate of drug-likeness (QED) is 0.867. The summed E-state index contributed by atoms with van der Waals surface area (Å²) in [6, 6.07) is 14.0. The van der Waals surface area contributed by atoms with Crippen LogP contribution in [-0.4, -0.2) is 14.2 Å². The predicted octanol–water partition coefficient (Wildman–Crippen LogP) is 4.21. The molecule has 2 aromatic rings. The molecule has 0 aliphatic rings. The van der Waals surface area contributed by atoms with Gasteiger partial charge in [-0.15, -0.1) is 0 Å². The average molecular weight is 306 g/mol. The van der Waals surface area contributed by atoms with Crippen molar-refractivity contribution in [3.8, 4) is 11.5 Å². The Balaban J connectivity index is 2.05. The maximum Gasteiger partial charge on any atom is 0.122 e. The third-order valence-corrected chi connectivity index (χ3v) is 3.61. The fraction of sp³-hybridized carbons (Fsp3) is 0.294. The lowest BCUT2D eigenvalue weighted by molar-refractivity contribution is 0.392. The van der Waals surface area contributed by atoms with Gasteiger partial charge in [-0.25, -0.2) is 0 Å². The summed E-state index contributed by atoms with van der Waals surface area (Å²) < 4.78 is 10.6. The highest BCUT2D eigenvalue weighted by Gasteiger charge is 2.07. The van der Waals surface area contributed by atoms with Crippen molar-refractivity contribution >= 4 is 11.6 Å². The van der Waals surface area contributed by atoms with E-state index in [0.717, 1.165) is 34.2 Å². The molecule has 0 heterocycles. The number of halogens is 1. The number of ether oxygens (including phenoxy) is 2. The van der Waals surface area contributed by atoms with E-state index >= 15 is 0 Å². The van der Waals surface area contributed by atoms with Crippen LogP contribution >= 0.6 is 11.6 Å². The molecule has 0 bridgehead atoms. The highest BCUT2D eigenvalue weighted by atomic mass is 35.5. The van der Waals surface area contributed by atoms with E-state index in [1.54, 1.807) is 14.2 Å². The summed E-state index contributed by atoms with van der Waals surface area (Å²) in [5.74, 6) is 1.59. The lowest BCUT2D eigenvalue weighted by Gasteiger charge is -2.15. The molecule has 0 saturated heterocycles. The number of methoxy groups -OCH3 is 2. The van der Waals surface area contributed by atoms with E-state index in [4.69, 9.17) is 21.1 Å². The first kappa shape index (κ1) is 15.7. The predicted molar refractivity (Wildman–Crippen MR) is 86.3 cm³/mol. The molecule has 0 fully saturated rings. The molecule has 0 radical (unpaired) electrons. The second kappa shape index (κ2) is 7.34. The van der Waals surface area contributed by atoms with Gasteiger partial charge in [0.1, 0.15) is 11.5 Å². The molecule has 4 heteroatoms. The number of nitrogens with one attached hydrogen (secondary N) is 1. The van der Waals surface area contributed by atoms with Crippen molar-refractivity contribution in [3.63, 3.8) is 0 Å². The van der Waals surface area contributed by atoms with E-state index in [1.807, 2.05) is 36.4 Å².